The summed E-state index contributed by atoms with van der Waals surface area (Å²) >= 11 is 0. The van der Waals surface area contributed by atoms with Crippen LogP contribution in [-0.4, -0.2) is 37.9 Å². The first-order valence-electron chi connectivity index (χ1n) is 26.5. The lowest BCUT2D eigenvalue weighted by Gasteiger charge is -2.18. The Labute approximate surface area is 374 Å². The Morgan fingerprint density at radius 3 is 1.20 bits per heavy atom. The van der Waals surface area contributed by atoms with Gasteiger partial charge in [-0.1, -0.05) is 231 Å². The van der Waals surface area contributed by atoms with Crippen LogP contribution in [0.3, 0.4) is 0 Å². The Hall–Kier alpha value is -1.88. The van der Waals surface area contributed by atoms with E-state index in [0.29, 0.717) is 19.4 Å². The molecule has 0 radical (unpaired) electrons. The van der Waals surface area contributed by atoms with E-state index in [1.807, 2.05) is 0 Å². The van der Waals surface area contributed by atoms with Crippen LogP contribution >= 0.6 is 0 Å². The van der Waals surface area contributed by atoms with Crippen LogP contribution < -0.4 is 0 Å². The third-order valence-electron chi connectivity index (χ3n) is 11.6. The van der Waals surface area contributed by atoms with E-state index >= 15 is 0 Å². The average Bonchev–Trinajstić information content (AvgIpc) is 3.25. The van der Waals surface area contributed by atoms with E-state index in [9.17, 15) is 9.59 Å². The zero-order valence-electron chi connectivity index (χ0n) is 40.5. The van der Waals surface area contributed by atoms with Crippen LogP contribution in [0.5, 0.6) is 0 Å². The summed E-state index contributed by atoms with van der Waals surface area (Å²) in [4.78, 5) is 25.4. The maximum atomic E-state index is 12.8. The zero-order valence-corrected chi connectivity index (χ0v) is 40.5. The minimum atomic E-state index is -0.541. The fourth-order valence-corrected chi connectivity index (χ4v) is 7.66. The average molecular weight is 843 g/mol. The number of rotatable bonds is 49. The molecule has 0 spiro atoms. The van der Waals surface area contributed by atoms with Gasteiger partial charge in [-0.05, 0) is 70.6 Å². The monoisotopic (exact) mass is 843 g/mol. The number of unbranched alkanes of at least 4 members (excludes halogenated alkanes) is 32. The van der Waals surface area contributed by atoms with Crippen molar-refractivity contribution in [2.24, 2.45) is 0 Å². The highest BCUT2D eigenvalue weighted by molar-refractivity contribution is 5.70. The number of ether oxygens (including phenoxy) is 3. The Morgan fingerprint density at radius 2 is 0.733 bits per heavy atom. The number of carbonyl (C=O) groups excluding carboxylic acids is 2. The molecule has 0 N–H and O–H groups in total. The molecule has 1 atom stereocenters. The van der Waals surface area contributed by atoms with E-state index in [0.717, 1.165) is 57.8 Å². The minimum Gasteiger partial charge on any atom is -0.462 e. The van der Waals surface area contributed by atoms with Gasteiger partial charge in [0, 0.05) is 19.4 Å². The van der Waals surface area contributed by atoms with Crippen molar-refractivity contribution < 1.29 is 23.8 Å². The van der Waals surface area contributed by atoms with E-state index in [-0.39, 0.29) is 25.2 Å². The largest absolute Gasteiger partial charge is 0.462 e. The fraction of sp³-hybridized carbons (Fsp3) is 0.855. The number of allylic oxidation sites excluding steroid dienone is 6. The van der Waals surface area contributed by atoms with E-state index in [1.54, 1.807) is 0 Å². The van der Waals surface area contributed by atoms with Crippen molar-refractivity contribution in [1.29, 1.82) is 0 Å². The molecular formula is C55H102O5. The molecule has 352 valence electrons. The van der Waals surface area contributed by atoms with Gasteiger partial charge in [0.1, 0.15) is 6.61 Å². The van der Waals surface area contributed by atoms with Crippen LogP contribution in [0.25, 0.3) is 0 Å². The van der Waals surface area contributed by atoms with Crippen LogP contribution in [0.4, 0.5) is 0 Å². The molecule has 0 bridgehead atoms. The van der Waals surface area contributed by atoms with Crippen molar-refractivity contribution in [3.63, 3.8) is 0 Å². The molecule has 0 aliphatic carbocycles. The molecule has 5 nitrogen and oxygen atoms in total. The summed E-state index contributed by atoms with van der Waals surface area (Å²) in [5.74, 6) is -0.402. The van der Waals surface area contributed by atoms with Crippen molar-refractivity contribution in [1.82, 2.24) is 0 Å². The smallest absolute Gasteiger partial charge is 0.306 e. The second kappa shape index (κ2) is 51.5. The highest BCUT2D eigenvalue weighted by atomic mass is 16.6. The van der Waals surface area contributed by atoms with Gasteiger partial charge in [-0.15, -0.1) is 0 Å². The molecule has 0 aromatic rings. The van der Waals surface area contributed by atoms with Gasteiger partial charge < -0.3 is 14.2 Å². The van der Waals surface area contributed by atoms with Gasteiger partial charge in [-0.2, -0.15) is 0 Å². The molecule has 0 aliphatic rings. The van der Waals surface area contributed by atoms with Crippen LogP contribution in [0, 0.1) is 0 Å². The first-order chi connectivity index (χ1) is 29.6. The molecule has 5 heteroatoms. The first-order valence-corrected chi connectivity index (χ1v) is 26.5. The van der Waals surface area contributed by atoms with Gasteiger partial charge in [0.15, 0.2) is 6.10 Å². The summed E-state index contributed by atoms with van der Waals surface area (Å²) in [6, 6.07) is 0. The summed E-state index contributed by atoms with van der Waals surface area (Å²) in [5, 5.41) is 0. The summed E-state index contributed by atoms with van der Waals surface area (Å²) in [5.41, 5.74) is 0. The quantitative estimate of drug-likeness (QED) is 0.0347. The van der Waals surface area contributed by atoms with Gasteiger partial charge >= 0.3 is 11.9 Å². The van der Waals surface area contributed by atoms with Crippen molar-refractivity contribution in [2.75, 3.05) is 19.8 Å². The van der Waals surface area contributed by atoms with E-state index in [1.165, 1.54) is 186 Å². The topological polar surface area (TPSA) is 61.8 Å². The molecule has 60 heavy (non-hydrogen) atoms. The van der Waals surface area contributed by atoms with Crippen LogP contribution in [0.2, 0.25) is 0 Å². The lowest BCUT2D eigenvalue weighted by molar-refractivity contribution is -0.163. The molecule has 0 fully saturated rings. The van der Waals surface area contributed by atoms with Crippen LogP contribution in [-0.2, 0) is 23.8 Å². The molecule has 0 aromatic carbocycles. The molecule has 0 rings (SSSR count). The molecule has 0 amide bonds. The zero-order chi connectivity index (χ0) is 43.5. The van der Waals surface area contributed by atoms with E-state index < -0.39 is 6.10 Å². The summed E-state index contributed by atoms with van der Waals surface area (Å²) in [7, 11) is 0. The van der Waals surface area contributed by atoms with Gasteiger partial charge in [-0.25, -0.2) is 0 Å². The number of carbonyl (C=O) groups is 2. The molecule has 0 heterocycles. The summed E-state index contributed by atoms with van der Waals surface area (Å²) in [6.45, 7) is 7.77. The Morgan fingerprint density at radius 1 is 0.367 bits per heavy atom. The Balaban J connectivity index is 4.23. The van der Waals surface area contributed by atoms with Gasteiger partial charge in [0.2, 0.25) is 0 Å². The molecular weight excluding hydrogens is 741 g/mol. The number of hydrogen-bond acceptors (Lipinski definition) is 5. The molecule has 0 saturated carbocycles. The van der Waals surface area contributed by atoms with Crippen molar-refractivity contribution >= 4 is 11.9 Å². The third-order valence-corrected chi connectivity index (χ3v) is 11.6. The predicted octanol–water partition coefficient (Wildman–Crippen LogP) is 17.8. The first kappa shape index (κ1) is 58.1. The van der Waals surface area contributed by atoms with Crippen LogP contribution in [0.1, 0.15) is 278 Å². The van der Waals surface area contributed by atoms with Gasteiger partial charge in [0.05, 0.1) is 6.61 Å². The van der Waals surface area contributed by atoms with Crippen molar-refractivity contribution in [3.8, 4) is 0 Å². The molecule has 0 aromatic heterocycles. The number of esters is 2. The Bertz CT molecular complexity index is 955. The predicted molar refractivity (Wildman–Crippen MR) is 261 cm³/mol. The minimum absolute atomic E-state index is 0.0820. The van der Waals surface area contributed by atoms with Crippen molar-refractivity contribution in [3.05, 3.63) is 36.5 Å². The maximum absolute atomic E-state index is 12.8. The summed E-state index contributed by atoms with van der Waals surface area (Å²) in [6.07, 6.45) is 61.5. The summed E-state index contributed by atoms with van der Waals surface area (Å²) < 4.78 is 17.4. The second-order valence-corrected chi connectivity index (χ2v) is 17.8. The highest BCUT2D eigenvalue weighted by Crippen LogP contribution is 2.16. The second-order valence-electron chi connectivity index (χ2n) is 17.8. The number of hydrogen-bond donors (Lipinski definition) is 0. The third kappa shape index (κ3) is 48.8. The van der Waals surface area contributed by atoms with Crippen LogP contribution in [0.15, 0.2) is 36.5 Å². The molecule has 1 unspecified atom stereocenters. The normalized spacial score (nSPS) is 12.4. The lowest BCUT2D eigenvalue weighted by Crippen LogP contribution is -2.30. The Kier molecular flexibility index (Phi) is 49.9. The lowest BCUT2D eigenvalue weighted by atomic mass is 10.0. The van der Waals surface area contributed by atoms with Gasteiger partial charge in [-0.3, -0.25) is 9.59 Å². The SMILES string of the molecule is CCC/C=C\C/C=C\CCCCCCCC(=O)OC(COCCCCCCCC/C=C\CCCCCC)COC(=O)CCCCCCCCCCCCCCCCCCC. The van der Waals surface area contributed by atoms with E-state index in [2.05, 4.69) is 57.2 Å². The molecule has 0 aliphatic heterocycles. The van der Waals surface area contributed by atoms with Crippen molar-refractivity contribution in [2.45, 2.75) is 284 Å². The highest BCUT2D eigenvalue weighted by Gasteiger charge is 2.17. The fourth-order valence-electron chi connectivity index (χ4n) is 7.66. The van der Waals surface area contributed by atoms with Gasteiger partial charge in [0.25, 0.3) is 0 Å². The standard InChI is InChI=1S/C55H102O5/c1-4-7-10-13-16-19-22-25-27-28-29-31-33-36-39-42-45-48-54(56)59-52-53(51-58-50-47-44-41-38-35-32-26-23-20-17-14-11-8-5-2)60-55(57)49-46-43-40-37-34-30-24-21-18-15-12-9-6-3/h12,15,20-21,23-24,53H,4-11,13-14,16-19,22,25-52H2,1-3H3/b15-12-,23-20-,24-21-. The molecule has 0 saturated heterocycles. The maximum Gasteiger partial charge on any atom is 0.306 e. The van der Waals surface area contributed by atoms with E-state index in [4.69, 9.17) is 14.2 Å².